The number of imidazole rings is 1. The van der Waals surface area contributed by atoms with Crippen LogP contribution in [0.4, 0.5) is 0 Å². The Morgan fingerprint density at radius 2 is 1.89 bits per heavy atom. The van der Waals surface area contributed by atoms with Gasteiger partial charge in [-0.3, -0.25) is 9.59 Å². The minimum Gasteiger partial charge on any atom is -0.507 e. The van der Waals surface area contributed by atoms with Crippen LogP contribution in [-0.2, 0) is 16.1 Å². The van der Waals surface area contributed by atoms with Crippen molar-refractivity contribution in [3.8, 4) is 5.75 Å². The van der Waals surface area contributed by atoms with E-state index in [1.54, 1.807) is 29.6 Å². The lowest BCUT2D eigenvalue weighted by molar-refractivity contribution is -0.139. The van der Waals surface area contributed by atoms with Gasteiger partial charge in [-0.2, -0.15) is 0 Å². The SMILES string of the molecule is Cc1ccc(C(O)=C2C(=O)C(=O)N(CCCn3ccnc3)C2c2cccc(OCCC(C)C)c2)cc1. The zero-order valence-corrected chi connectivity index (χ0v) is 21.1. The second-order valence-electron chi connectivity index (χ2n) is 9.62. The van der Waals surface area contributed by atoms with E-state index >= 15 is 0 Å². The normalized spacial score (nSPS) is 17.2. The van der Waals surface area contributed by atoms with Crippen LogP contribution in [0.25, 0.3) is 5.76 Å². The summed E-state index contributed by atoms with van der Waals surface area (Å²) in [5.74, 6) is -0.253. The van der Waals surface area contributed by atoms with Crippen LogP contribution in [0.15, 0.2) is 72.8 Å². The third-order valence-corrected chi connectivity index (χ3v) is 6.38. The maximum Gasteiger partial charge on any atom is 0.295 e. The predicted molar refractivity (Wildman–Crippen MR) is 138 cm³/mol. The molecule has 188 valence electrons. The Kier molecular flexibility index (Phi) is 7.88. The fourth-order valence-corrected chi connectivity index (χ4v) is 4.35. The van der Waals surface area contributed by atoms with Gasteiger partial charge in [0.05, 0.1) is 24.5 Å². The molecule has 1 saturated heterocycles. The maximum absolute atomic E-state index is 13.2. The number of carbonyl (C=O) groups is 2. The molecule has 1 aliphatic rings. The number of aliphatic hydroxyl groups excluding tert-OH is 1. The highest BCUT2D eigenvalue weighted by atomic mass is 16.5. The van der Waals surface area contributed by atoms with Gasteiger partial charge in [0.2, 0.25) is 0 Å². The van der Waals surface area contributed by atoms with E-state index in [1.165, 1.54) is 0 Å². The molecule has 1 aliphatic heterocycles. The molecule has 4 rings (SSSR count). The molecule has 2 heterocycles. The number of Topliss-reactive ketones (excluding diaryl/α,β-unsaturated/α-hetero) is 1. The van der Waals surface area contributed by atoms with Gasteiger partial charge in [-0.1, -0.05) is 55.8 Å². The lowest BCUT2D eigenvalue weighted by Crippen LogP contribution is -2.31. The lowest BCUT2D eigenvalue weighted by Gasteiger charge is -2.26. The average molecular weight is 488 g/mol. The Labute approximate surface area is 212 Å². The molecular formula is C29H33N3O4. The van der Waals surface area contributed by atoms with Crippen molar-refractivity contribution in [1.82, 2.24) is 14.5 Å². The second kappa shape index (κ2) is 11.2. The van der Waals surface area contributed by atoms with E-state index in [-0.39, 0.29) is 11.3 Å². The summed E-state index contributed by atoms with van der Waals surface area (Å²) >= 11 is 0. The molecule has 7 heteroatoms. The molecular weight excluding hydrogens is 454 g/mol. The highest BCUT2D eigenvalue weighted by Gasteiger charge is 2.45. The van der Waals surface area contributed by atoms with Crippen molar-refractivity contribution in [3.05, 3.63) is 89.5 Å². The molecule has 0 aliphatic carbocycles. The molecule has 0 saturated carbocycles. The largest absolute Gasteiger partial charge is 0.507 e. The van der Waals surface area contributed by atoms with Crippen molar-refractivity contribution in [1.29, 1.82) is 0 Å². The van der Waals surface area contributed by atoms with Crippen LogP contribution in [0.2, 0.25) is 0 Å². The fraction of sp³-hybridized carbons (Fsp3) is 0.345. The molecule has 1 atom stereocenters. The number of hydrogen-bond acceptors (Lipinski definition) is 5. The fourth-order valence-electron chi connectivity index (χ4n) is 4.35. The molecule has 0 spiro atoms. The summed E-state index contributed by atoms with van der Waals surface area (Å²) in [5.41, 5.74) is 2.37. The van der Waals surface area contributed by atoms with E-state index in [0.717, 1.165) is 17.5 Å². The van der Waals surface area contributed by atoms with Crippen molar-refractivity contribution in [2.45, 2.75) is 46.2 Å². The van der Waals surface area contributed by atoms with E-state index < -0.39 is 17.7 Å². The predicted octanol–water partition coefficient (Wildman–Crippen LogP) is 5.13. The number of carbonyl (C=O) groups excluding carboxylic acids is 2. The Bertz CT molecular complexity index is 1230. The van der Waals surface area contributed by atoms with Gasteiger partial charge < -0.3 is 19.3 Å². The van der Waals surface area contributed by atoms with Gasteiger partial charge in [-0.25, -0.2) is 4.98 Å². The van der Waals surface area contributed by atoms with Crippen molar-refractivity contribution < 1.29 is 19.4 Å². The van der Waals surface area contributed by atoms with Crippen LogP contribution in [0.5, 0.6) is 5.75 Å². The van der Waals surface area contributed by atoms with Gasteiger partial charge in [0.15, 0.2) is 0 Å². The first kappa shape index (κ1) is 25.2. The zero-order valence-electron chi connectivity index (χ0n) is 21.1. The first-order chi connectivity index (χ1) is 17.3. The van der Waals surface area contributed by atoms with Gasteiger partial charge in [0.25, 0.3) is 11.7 Å². The quantitative estimate of drug-likeness (QED) is 0.244. The summed E-state index contributed by atoms with van der Waals surface area (Å²) in [5, 5.41) is 11.2. The highest BCUT2D eigenvalue weighted by Crippen LogP contribution is 2.40. The van der Waals surface area contributed by atoms with E-state index in [0.29, 0.717) is 43.3 Å². The molecule has 1 amide bonds. The van der Waals surface area contributed by atoms with Crippen molar-refractivity contribution in [3.63, 3.8) is 0 Å². The first-order valence-corrected chi connectivity index (χ1v) is 12.4. The molecule has 1 fully saturated rings. The highest BCUT2D eigenvalue weighted by molar-refractivity contribution is 6.46. The molecule has 1 unspecified atom stereocenters. The Hall–Kier alpha value is -3.87. The Balaban J connectivity index is 1.69. The third-order valence-electron chi connectivity index (χ3n) is 6.38. The maximum atomic E-state index is 13.2. The smallest absolute Gasteiger partial charge is 0.295 e. The molecule has 1 aromatic heterocycles. The minimum absolute atomic E-state index is 0.103. The monoisotopic (exact) mass is 487 g/mol. The number of benzene rings is 2. The Morgan fingerprint density at radius 1 is 1.11 bits per heavy atom. The molecule has 2 aromatic carbocycles. The van der Waals surface area contributed by atoms with Crippen LogP contribution in [0.3, 0.4) is 0 Å². The van der Waals surface area contributed by atoms with Crippen LogP contribution in [0.1, 0.15) is 49.4 Å². The van der Waals surface area contributed by atoms with Gasteiger partial charge in [0, 0.05) is 31.0 Å². The number of aromatic nitrogens is 2. The van der Waals surface area contributed by atoms with Crippen molar-refractivity contribution in [2.24, 2.45) is 5.92 Å². The summed E-state index contributed by atoms with van der Waals surface area (Å²) in [6, 6.07) is 14.0. The molecule has 7 nitrogen and oxygen atoms in total. The van der Waals surface area contributed by atoms with E-state index in [1.807, 2.05) is 54.1 Å². The Morgan fingerprint density at radius 3 is 2.58 bits per heavy atom. The number of aliphatic hydroxyl groups is 1. The number of nitrogens with zero attached hydrogens (tertiary/aromatic N) is 3. The molecule has 1 N–H and O–H groups in total. The number of amides is 1. The number of hydrogen-bond donors (Lipinski definition) is 1. The first-order valence-electron chi connectivity index (χ1n) is 12.4. The average Bonchev–Trinajstić information content (AvgIpc) is 3.46. The van der Waals surface area contributed by atoms with Crippen LogP contribution >= 0.6 is 0 Å². The summed E-state index contributed by atoms with van der Waals surface area (Å²) in [7, 11) is 0. The molecule has 0 radical (unpaired) electrons. The van der Waals surface area contributed by atoms with Gasteiger partial charge in [0.1, 0.15) is 11.5 Å². The molecule has 36 heavy (non-hydrogen) atoms. The van der Waals surface area contributed by atoms with Gasteiger partial charge in [-0.15, -0.1) is 0 Å². The van der Waals surface area contributed by atoms with Gasteiger partial charge >= 0.3 is 0 Å². The summed E-state index contributed by atoms with van der Waals surface area (Å²) in [6.07, 6.45) is 6.85. The van der Waals surface area contributed by atoms with Crippen LogP contribution < -0.4 is 4.74 Å². The number of likely N-dealkylation sites (tertiary alicyclic amines) is 1. The van der Waals surface area contributed by atoms with E-state index in [2.05, 4.69) is 18.8 Å². The topological polar surface area (TPSA) is 84.7 Å². The second-order valence-corrected chi connectivity index (χ2v) is 9.62. The lowest BCUT2D eigenvalue weighted by atomic mass is 9.95. The van der Waals surface area contributed by atoms with E-state index in [4.69, 9.17) is 4.74 Å². The van der Waals surface area contributed by atoms with Crippen molar-refractivity contribution in [2.75, 3.05) is 13.2 Å². The van der Waals surface area contributed by atoms with Crippen LogP contribution in [-0.4, -0.2) is 44.4 Å². The van der Waals surface area contributed by atoms with Crippen LogP contribution in [0, 0.1) is 12.8 Å². The number of aryl methyl sites for hydroxylation is 2. The molecule has 3 aromatic rings. The van der Waals surface area contributed by atoms with Crippen molar-refractivity contribution >= 4 is 17.4 Å². The van der Waals surface area contributed by atoms with E-state index in [9.17, 15) is 14.7 Å². The number of ketones is 1. The molecule has 0 bridgehead atoms. The number of rotatable bonds is 10. The minimum atomic E-state index is -0.706. The third kappa shape index (κ3) is 5.67. The zero-order chi connectivity index (χ0) is 25.7. The summed E-state index contributed by atoms with van der Waals surface area (Å²) in [4.78, 5) is 32.1. The summed E-state index contributed by atoms with van der Waals surface area (Å²) < 4.78 is 7.88. The summed E-state index contributed by atoms with van der Waals surface area (Å²) in [6.45, 7) is 7.83. The number of ether oxygens (including phenoxy) is 1. The standard InChI is InChI=1S/C29H33N3O4/c1-20(2)12-17-36-24-7-4-6-23(18-24)26-25(27(33)22-10-8-21(3)9-11-22)28(34)29(35)32(26)15-5-14-31-16-13-30-19-31/h4,6-11,13,16,18-20,26,33H,5,12,14-15,17H2,1-3H3. The van der Waals surface area contributed by atoms with Gasteiger partial charge in [-0.05, 0) is 43.4 Å².